The molecule has 0 saturated heterocycles. The van der Waals surface area contributed by atoms with Crippen molar-refractivity contribution in [3.05, 3.63) is 95.7 Å². The number of para-hydroxylation sites is 1. The highest BCUT2D eigenvalue weighted by Crippen LogP contribution is 2.36. The standard InChI is InChI=1S/C27H23N5O2S/c1-17-18(2)28-27-30-24(19-9-5-4-6-10-19)31-32(27)26(17)35-23-12-8-7-11-22(23)29-25(33)20-13-15-21(34-3)16-14-20/h4-16H,1-3H3,(H,29,33). The highest BCUT2D eigenvalue weighted by molar-refractivity contribution is 7.99. The van der Waals surface area contributed by atoms with Crippen LogP contribution in [0, 0.1) is 13.8 Å². The van der Waals surface area contributed by atoms with Gasteiger partial charge in [0, 0.05) is 27.3 Å². The van der Waals surface area contributed by atoms with E-state index in [0.717, 1.165) is 26.7 Å². The fraction of sp³-hybridized carbons (Fsp3) is 0.111. The van der Waals surface area contributed by atoms with E-state index in [4.69, 9.17) is 9.84 Å². The number of aryl methyl sites for hydroxylation is 1. The molecule has 0 unspecified atom stereocenters. The monoisotopic (exact) mass is 481 g/mol. The summed E-state index contributed by atoms with van der Waals surface area (Å²) in [4.78, 5) is 23.1. The van der Waals surface area contributed by atoms with Crippen LogP contribution >= 0.6 is 11.8 Å². The fourth-order valence-electron chi connectivity index (χ4n) is 3.59. The molecule has 5 rings (SSSR count). The van der Waals surface area contributed by atoms with E-state index in [1.54, 1.807) is 35.9 Å². The van der Waals surface area contributed by atoms with Crippen LogP contribution in [0.2, 0.25) is 0 Å². The largest absolute Gasteiger partial charge is 0.497 e. The summed E-state index contributed by atoms with van der Waals surface area (Å²) >= 11 is 1.52. The van der Waals surface area contributed by atoms with Crippen molar-refractivity contribution < 1.29 is 9.53 Å². The molecule has 0 aliphatic carbocycles. The van der Waals surface area contributed by atoms with E-state index in [2.05, 4.69) is 15.3 Å². The van der Waals surface area contributed by atoms with E-state index >= 15 is 0 Å². The van der Waals surface area contributed by atoms with E-state index in [-0.39, 0.29) is 5.91 Å². The Hall–Kier alpha value is -4.17. The van der Waals surface area contributed by atoms with Crippen LogP contribution in [0.4, 0.5) is 5.69 Å². The van der Waals surface area contributed by atoms with Crippen molar-refractivity contribution in [1.29, 1.82) is 0 Å². The first-order chi connectivity index (χ1) is 17.0. The van der Waals surface area contributed by atoms with E-state index in [9.17, 15) is 4.79 Å². The van der Waals surface area contributed by atoms with Crippen molar-refractivity contribution in [2.24, 2.45) is 0 Å². The molecule has 0 radical (unpaired) electrons. The molecule has 35 heavy (non-hydrogen) atoms. The number of aromatic nitrogens is 4. The third kappa shape index (κ3) is 4.61. The molecule has 0 spiro atoms. The van der Waals surface area contributed by atoms with Crippen molar-refractivity contribution in [3.63, 3.8) is 0 Å². The number of carbonyl (C=O) groups is 1. The van der Waals surface area contributed by atoms with Crippen LogP contribution in [-0.4, -0.2) is 32.6 Å². The SMILES string of the molecule is COc1ccc(C(=O)Nc2ccccc2Sc2c(C)c(C)nc3nc(-c4ccccc4)nn23)cc1. The predicted molar refractivity (Wildman–Crippen MR) is 137 cm³/mol. The average molecular weight is 482 g/mol. The van der Waals surface area contributed by atoms with Crippen LogP contribution in [0.15, 0.2) is 88.8 Å². The van der Waals surface area contributed by atoms with Crippen LogP contribution in [0.3, 0.4) is 0 Å². The van der Waals surface area contributed by atoms with Crippen molar-refractivity contribution in [2.45, 2.75) is 23.8 Å². The Morgan fingerprint density at radius 2 is 1.63 bits per heavy atom. The molecule has 0 aliphatic rings. The van der Waals surface area contributed by atoms with Crippen molar-refractivity contribution >= 4 is 29.1 Å². The van der Waals surface area contributed by atoms with Crippen LogP contribution in [0.5, 0.6) is 5.75 Å². The normalized spacial score (nSPS) is 10.9. The van der Waals surface area contributed by atoms with Crippen LogP contribution in [-0.2, 0) is 0 Å². The van der Waals surface area contributed by atoms with Gasteiger partial charge in [0.1, 0.15) is 10.8 Å². The Bertz CT molecular complexity index is 1510. The number of benzene rings is 3. The molecule has 5 aromatic rings. The lowest BCUT2D eigenvalue weighted by atomic mass is 10.2. The molecule has 174 valence electrons. The van der Waals surface area contributed by atoms with Crippen molar-refractivity contribution in [2.75, 3.05) is 12.4 Å². The van der Waals surface area contributed by atoms with Gasteiger partial charge < -0.3 is 10.1 Å². The smallest absolute Gasteiger partial charge is 0.255 e. The topological polar surface area (TPSA) is 81.4 Å². The molecule has 8 heteroatoms. The molecule has 2 heterocycles. The number of fused-ring (bicyclic) bond motifs is 1. The van der Waals surface area contributed by atoms with Gasteiger partial charge in [-0.15, -0.1) is 5.10 Å². The predicted octanol–water partition coefficient (Wildman–Crippen LogP) is 5.82. The van der Waals surface area contributed by atoms with E-state index in [0.29, 0.717) is 28.6 Å². The molecular weight excluding hydrogens is 458 g/mol. The molecule has 1 N–H and O–H groups in total. The Kier molecular flexibility index (Phi) is 6.20. The zero-order valence-corrected chi connectivity index (χ0v) is 20.3. The second-order valence-electron chi connectivity index (χ2n) is 7.92. The second-order valence-corrected chi connectivity index (χ2v) is 8.95. The van der Waals surface area contributed by atoms with E-state index in [1.165, 1.54) is 11.8 Å². The molecular formula is C27H23N5O2S. The number of nitrogens with one attached hydrogen (secondary N) is 1. The van der Waals surface area contributed by atoms with Crippen LogP contribution in [0.25, 0.3) is 17.2 Å². The highest BCUT2D eigenvalue weighted by atomic mass is 32.2. The van der Waals surface area contributed by atoms with Crippen LogP contribution < -0.4 is 10.1 Å². The molecule has 0 atom stereocenters. The molecule has 0 saturated carbocycles. The molecule has 0 bridgehead atoms. The molecule has 7 nitrogen and oxygen atoms in total. The van der Waals surface area contributed by atoms with Crippen molar-refractivity contribution in [1.82, 2.24) is 19.6 Å². The number of anilines is 1. The first-order valence-corrected chi connectivity index (χ1v) is 11.9. The summed E-state index contributed by atoms with van der Waals surface area (Å²) in [6, 6.07) is 24.6. The maximum absolute atomic E-state index is 12.9. The zero-order chi connectivity index (χ0) is 24.4. The number of methoxy groups -OCH3 is 1. The minimum absolute atomic E-state index is 0.194. The number of amides is 1. The molecule has 0 fully saturated rings. The summed E-state index contributed by atoms with van der Waals surface area (Å²) in [5.41, 5.74) is 4.07. The van der Waals surface area contributed by atoms with Gasteiger partial charge in [-0.1, -0.05) is 54.2 Å². The first kappa shape index (κ1) is 22.6. The molecule has 0 aliphatic heterocycles. The van der Waals surface area contributed by atoms with Gasteiger partial charge >= 0.3 is 0 Å². The zero-order valence-electron chi connectivity index (χ0n) is 19.5. The number of carbonyl (C=O) groups excluding carboxylic acids is 1. The van der Waals surface area contributed by atoms with Gasteiger partial charge in [0.15, 0.2) is 5.82 Å². The summed E-state index contributed by atoms with van der Waals surface area (Å²) in [6.45, 7) is 3.99. The first-order valence-electron chi connectivity index (χ1n) is 11.0. The van der Waals surface area contributed by atoms with Gasteiger partial charge in [-0.05, 0) is 50.2 Å². The Morgan fingerprint density at radius 1 is 0.914 bits per heavy atom. The van der Waals surface area contributed by atoms with Gasteiger partial charge in [-0.25, -0.2) is 4.98 Å². The van der Waals surface area contributed by atoms with Gasteiger partial charge in [-0.2, -0.15) is 9.50 Å². The third-order valence-corrected chi connectivity index (χ3v) is 6.89. The van der Waals surface area contributed by atoms with Gasteiger partial charge in [0.25, 0.3) is 11.7 Å². The lowest BCUT2D eigenvalue weighted by Gasteiger charge is -2.13. The van der Waals surface area contributed by atoms with E-state index < -0.39 is 0 Å². The lowest BCUT2D eigenvalue weighted by molar-refractivity contribution is 0.102. The minimum atomic E-state index is -0.194. The van der Waals surface area contributed by atoms with Gasteiger partial charge in [0.2, 0.25) is 0 Å². The summed E-state index contributed by atoms with van der Waals surface area (Å²) in [5, 5.41) is 8.69. The summed E-state index contributed by atoms with van der Waals surface area (Å²) in [6.07, 6.45) is 0. The quantitative estimate of drug-likeness (QED) is 0.308. The maximum Gasteiger partial charge on any atom is 0.255 e. The third-order valence-electron chi connectivity index (χ3n) is 5.64. The van der Waals surface area contributed by atoms with Gasteiger partial charge in [0.05, 0.1) is 12.8 Å². The summed E-state index contributed by atoms with van der Waals surface area (Å²) in [7, 11) is 1.60. The Balaban J connectivity index is 1.50. The average Bonchev–Trinajstić information content (AvgIpc) is 3.32. The van der Waals surface area contributed by atoms with Crippen LogP contribution in [0.1, 0.15) is 21.6 Å². The van der Waals surface area contributed by atoms with Gasteiger partial charge in [-0.3, -0.25) is 4.79 Å². The number of hydrogen-bond acceptors (Lipinski definition) is 6. The number of hydrogen-bond donors (Lipinski definition) is 1. The molecule has 1 amide bonds. The second kappa shape index (κ2) is 9.60. The Morgan fingerprint density at radius 3 is 2.37 bits per heavy atom. The van der Waals surface area contributed by atoms with E-state index in [1.807, 2.05) is 68.4 Å². The number of rotatable bonds is 6. The number of nitrogens with zero attached hydrogens (tertiary/aromatic N) is 4. The van der Waals surface area contributed by atoms with Crippen molar-refractivity contribution in [3.8, 4) is 17.1 Å². The maximum atomic E-state index is 12.9. The lowest BCUT2D eigenvalue weighted by Crippen LogP contribution is -2.12. The fourth-order valence-corrected chi connectivity index (χ4v) is 4.68. The highest BCUT2D eigenvalue weighted by Gasteiger charge is 2.18. The minimum Gasteiger partial charge on any atom is -0.497 e. The summed E-state index contributed by atoms with van der Waals surface area (Å²) in [5.74, 6) is 1.66. The Labute approximate surface area is 207 Å². The summed E-state index contributed by atoms with van der Waals surface area (Å²) < 4.78 is 6.96. The molecule has 2 aromatic heterocycles. The number of ether oxygens (including phenoxy) is 1. The molecule has 3 aromatic carbocycles.